The van der Waals surface area contributed by atoms with Crippen LogP contribution < -0.4 is 19.2 Å². The summed E-state index contributed by atoms with van der Waals surface area (Å²) >= 11 is 11.8. The molecule has 3 fully saturated rings. The summed E-state index contributed by atoms with van der Waals surface area (Å²) < 4.78 is 57.9. The van der Waals surface area contributed by atoms with Gasteiger partial charge in [0, 0.05) is 33.3 Å². The summed E-state index contributed by atoms with van der Waals surface area (Å²) in [5.41, 5.74) is 0.597. The second kappa shape index (κ2) is 12.3. The lowest BCUT2D eigenvalue weighted by Crippen LogP contribution is -2.50. The van der Waals surface area contributed by atoms with Gasteiger partial charge >= 0.3 is 0 Å². The molecular formula is C36H26Cl2N4O8S2. The summed E-state index contributed by atoms with van der Waals surface area (Å²) in [6.07, 6.45) is 3.40. The van der Waals surface area contributed by atoms with Crippen molar-refractivity contribution in [1.82, 2.24) is 0 Å². The van der Waals surface area contributed by atoms with Crippen LogP contribution in [0.25, 0.3) is 0 Å². The number of imide groups is 2. The Hall–Kier alpha value is -5.02. The fourth-order valence-electron chi connectivity index (χ4n) is 7.78. The van der Waals surface area contributed by atoms with Gasteiger partial charge in [0.2, 0.25) is 23.6 Å². The molecule has 2 aliphatic heterocycles. The molecule has 5 aliphatic rings. The second-order valence-corrected chi connectivity index (χ2v) is 17.1. The van der Waals surface area contributed by atoms with Crippen molar-refractivity contribution < 1.29 is 36.0 Å². The maximum Gasteiger partial charge on any atom is 0.261 e. The Kier molecular flexibility index (Phi) is 8.06. The van der Waals surface area contributed by atoms with E-state index in [1.54, 1.807) is 12.2 Å². The van der Waals surface area contributed by atoms with Crippen molar-refractivity contribution in [1.29, 1.82) is 0 Å². The molecule has 1 saturated carbocycles. The highest BCUT2D eigenvalue weighted by Gasteiger charge is 2.69. The Balaban J connectivity index is 1.06. The Morgan fingerprint density at radius 1 is 0.481 bits per heavy atom. The van der Waals surface area contributed by atoms with E-state index < -0.39 is 79.2 Å². The minimum atomic E-state index is -4.13. The van der Waals surface area contributed by atoms with Gasteiger partial charge in [0.05, 0.1) is 44.8 Å². The monoisotopic (exact) mass is 776 g/mol. The average molecular weight is 778 g/mol. The van der Waals surface area contributed by atoms with Gasteiger partial charge in [-0.2, -0.15) is 0 Å². The van der Waals surface area contributed by atoms with Gasteiger partial charge in [-0.25, -0.2) is 26.6 Å². The van der Waals surface area contributed by atoms with E-state index in [9.17, 15) is 36.0 Å². The summed E-state index contributed by atoms with van der Waals surface area (Å²) in [5, 5.41) is 0.842. The minimum absolute atomic E-state index is 0.0393. The van der Waals surface area contributed by atoms with Gasteiger partial charge in [0.25, 0.3) is 20.0 Å². The van der Waals surface area contributed by atoms with E-state index in [0.717, 1.165) is 9.80 Å². The number of halogens is 2. The van der Waals surface area contributed by atoms with E-state index in [-0.39, 0.29) is 32.5 Å². The van der Waals surface area contributed by atoms with Crippen LogP contribution in [-0.2, 0) is 39.2 Å². The summed E-state index contributed by atoms with van der Waals surface area (Å²) in [5.74, 6) is -7.90. The zero-order valence-electron chi connectivity index (χ0n) is 26.6. The van der Waals surface area contributed by atoms with Crippen LogP contribution >= 0.6 is 23.2 Å². The lowest BCUT2D eigenvalue weighted by Gasteiger charge is -2.44. The van der Waals surface area contributed by atoms with E-state index in [0.29, 0.717) is 10.0 Å². The number of nitrogens with one attached hydrogen (secondary N) is 2. The van der Waals surface area contributed by atoms with Crippen LogP contribution in [-0.4, -0.2) is 40.5 Å². The first-order valence-electron chi connectivity index (χ1n) is 16.0. The third-order valence-corrected chi connectivity index (χ3v) is 13.2. The van der Waals surface area contributed by atoms with Crippen molar-refractivity contribution in [3.8, 4) is 0 Å². The molecule has 0 spiro atoms. The smallest absolute Gasteiger partial charge is 0.261 e. The number of carbonyl (C=O) groups is 4. The fraction of sp³-hybridized carbons (Fsp3) is 0.167. The standard InChI is InChI=1S/C36H26Cl2N4O8S2/c37-19-7-11-21(12-8-19)39-51(47,48)25-5-1-3-23(17-25)41-33(43)29-27-15-16-28(30(29)34(41)44)32-31(27)35(45)42(36(32)46)24-4-2-6-26(18-24)52(49,50)40-22-13-9-20(38)10-14-22/h1-18,27-32,39-40H/t27?,28?,29-,30-,31-,32-/m1/s1. The summed E-state index contributed by atoms with van der Waals surface area (Å²) in [4.78, 5) is 57.8. The van der Waals surface area contributed by atoms with Crippen LogP contribution in [0.5, 0.6) is 0 Å². The van der Waals surface area contributed by atoms with Gasteiger partial charge in [-0.1, -0.05) is 47.5 Å². The molecule has 9 rings (SSSR count). The minimum Gasteiger partial charge on any atom is -0.280 e. The van der Waals surface area contributed by atoms with Crippen molar-refractivity contribution in [2.75, 3.05) is 19.2 Å². The molecule has 264 valence electrons. The molecule has 2 heterocycles. The second-order valence-electron chi connectivity index (χ2n) is 12.9. The topological polar surface area (TPSA) is 167 Å². The molecule has 0 unspecified atom stereocenters. The quantitative estimate of drug-likeness (QED) is 0.179. The zero-order chi connectivity index (χ0) is 36.7. The van der Waals surface area contributed by atoms with Gasteiger partial charge in [0.1, 0.15) is 0 Å². The van der Waals surface area contributed by atoms with Crippen molar-refractivity contribution in [3.05, 3.63) is 119 Å². The lowest BCUT2D eigenvalue weighted by atomic mass is 9.54. The molecule has 12 nitrogen and oxygen atoms in total. The molecule has 4 atom stereocenters. The predicted octanol–water partition coefficient (Wildman–Crippen LogP) is 5.32. The molecule has 16 heteroatoms. The van der Waals surface area contributed by atoms with Crippen LogP contribution in [0.15, 0.2) is 119 Å². The first kappa shape index (κ1) is 34.1. The lowest BCUT2D eigenvalue weighted by molar-refractivity contribution is -0.137. The molecule has 4 amide bonds. The van der Waals surface area contributed by atoms with Crippen LogP contribution in [0.4, 0.5) is 22.7 Å². The van der Waals surface area contributed by atoms with E-state index in [4.69, 9.17) is 23.2 Å². The third-order valence-electron chi connectivity index (χ3n) is 9.98. The van der Waals surface area contributed by atoms with Crippen LogP contribution in [0.2, 0.25) is 10.0 Å². The Labute approximate surface area is 308 Å². The number of hydrogen-bond acceptors (Lipinski definition) is 8. The largest absolute Gasteiger partial charge is 0.280 e. The van der Waals surface area contributed by atoms with Gasteiger partial charge in [-0.3, -0.25) is 28.6 Å². The van der Waals surface area contributed by atoms with Gasteiger partial charge in [-0.05, 0) is 84.9 Å². The van der Waals surface area contributed by atoms with E-state index in [1.807, 2.05) is 0 Å². The highest BCUT2D eigenvalue weighted by atomic mass is 35.5. The first-order valence-corrected chi connectivity index (χ1v) is 19.7. The fourth-order valence-corrected chi connectivity index (χ4v) is 10.2. The average Bonchev–Trinajstić information content (AvgIpc) is 3.57. The summed E-state index contributed by atoms with van der Waals surface area (Å²) in [6, 6.07) is 22.9. The zero-order valence-corrected chi connectivity index (χ0v) is 29.7. The van der Waals surface area contributed by atoms with Crippen molar-refractivity contribution in [2.45, 2.75) is 9.79 Å². The number of rotatable bonds is 8. The van der Waals surface area contributed by atoms with E-state index in [1.165, 1.54) is 97.1 Å². The molecule has 4 aromatic carbocycles. The maximum absolute atomic E-state index is 14.1. The number of benzene rings is 4. The maximum atomic E-state index is 14.1. The number of carbonyl (C=O) groups excluding carboxylic acids is 4. The molecule has 2 saturated heterocycles. The van der Waals surface area contributed by atoms with Crippen molar-refractivity contribution in [3.63, 3.8) is 0 Å². The van der Waals surface area contributed by atoms with Gasteiger partial charge in [0.15, 0.2) is 0 Å². The highest BCUT2D eigenvalue weighted by molar-refractivity contribution is 7.93. The number of allylic oxidation sites excluding steroid dienone is 2. The molecule has 0 radical (unpaired) electrons. The summed E-state index contributed by atoms with van der Waals surface area (Å²) in [6.45, 7) is 0. The summed E-state index contributed by atoms with van der Waals surface area (Å²) in [7, 11) is -8.27. The molecule has 52 heavy (non-hydrogen) atoms. The predicted molar refractivity (Wildman–Crippen MR) is 192 cm³/mol. The number of amides is 4. The van der Waals surface area contributed by atoms with Crippen molar-refractivity contribution in [2.24, 2.45) is 35.5 Å². The highest BCUT2D eigenvalue weighted by Crippen LogP contribution is 2.58. The first-order chi connectivity index (χ1) is 24.7. The van der Waals surface area contributed by atoms with Crippen LogP contribution in [0.1, 0.15) is 0 Å². The Morgan fingerprint density at radius 2 is 0.808 bits per heavy atom. The number of hydrogen-bond donors (Lipinski definition) is 2. The number of nitrogens with zero attached hydrogens (tertiary/aromatic N) is 2. The third kappa shape index (κ3) is 5.48. The van der Waals surface area contributed by atoms with Crippen LogP contribution in [0.3, 0.4) is 0 Å². The van der Waals surface area contributed by atoms with Crippen molar-refractivity contribution >= 4 is 89.6 Å². The number of sulfonamides is 2. The molecule has 0 aromatic heterocycles. The molecule has 3 aliphatic carbocycles. The molecule has 2 bridgehead atoms. The molecule has 2 N–H and O–H groups in total. The Morgan fingerprint density at radius 3 is 1.13 bits per heavy atom. The van der Waals surface area contributed by atoms with E-state index >= 15 is 0 Å². The van der Waals surface area contributed by atoms with E-state index in [2.05, 4.69) is 9.44 Å². The normalized spacial score (nSPS) is 25.0. The molecular weight excluding hydrogens is 751 g/mol. The van der Waals surface area contributed by atoms with Gasteiger partial charge in [-0.15, -0.1) is 0 Å². The van der Waals surface area contributed by atoms with Gasteiger partial charge < -0.3 is 0 Å². The number of anilines is 4. The Bertz CT molecular complexity index is 2240. The molecule has 4 aromatic rings. The SMILES string of the molecule is O=C1[C@@H]2C3C=CC([C@H]2C(=O)N1c1cccc(S(=O)(=O)Nc2ccc(Cl)cc2)c1)[C@H]1C(=O)N(c2cccc(S(=O)(=O)Nc4ccc(Cl)cc4)c2)C(=O)[C@H]31. The van der Waals surface area contributed by atoms with Crippen LogP contribution in [0, 0.1) is 35.5 Å².